The number of aromatic carboxylic acids is 1. The van der Waals surface area contributed by atoms with Crippen LogP contribution in [0.5, 0.6) is 0 Å². The molecule has 1 aliphatic heterocycles. The number of hydrogen-bond acceptors (Lipinski definition) is 3. The van der Waals surface area contributed by atoms with Crippen molar-refractivity contribution >= 4 is 5.97 Å². The standard InChI is InChI=1S/C22H18O4/c1-14-25-22(26-14)20-13-17(15-8-4-2-5-9-15)19(21(23)24)12-18(20)16-10-6-3-7-11-16/h2-14,22H,1H3,(H,23,24). The molecule has 0 radical (unpaired) electrons. The molecule has 0 atom stereocenters. The van der Waals surface area contributed by atoms with Crippen molar-refractivity contribution in [2.24, 2.45) is 0 Å². The summed E-state index contributed by atoms with van der Waals surface area (Å²) in [7, 11) is 0. The molecule has 0 amide bonds. The highest BCUT2D eigenvalue weighted by molar-refractivity contribution is 5.98. The summed E-state index contributed by atoms with van der Waals surface area (Å²) in [4.78, 5) is 11.9. The van der Waals surface area contributed by atoms with Crippen molar-refractivity contribution in [1.82, 2.24) is 0 Å². The molecule has 4 rings (SSSR count). The van der Waals surface area contributed by atoms with Gasteiger partial charge in [-0.3, -0.25) is 0 Å². The Morgan fingerprint density at radius 1 is 0.846 bits per heavy atom. The normalized spacial score (nSPS) is 19.0. The summed E-state index contributed by atoms with van der Waals surface area (Å²) in [5.74, 6) is -0.962. The second-order valence-corrected chi connectivity index (χ2v) is 6.19. The number of carboxylic acids is 1. The minimum atomic E-state index is -0.962. The number of ether oxygens (including phenoxy) is 2. The Morgan fingerprint density at radius 3 is 1.88 bits per heavy atom. The molecule has 1 N–H and O–H groups in total. The Morgan fingerprint density at radius 2 is 1.38 bits per heavy atom. The van der Waals surface area contributed by atoms with E-state index in [1.807, 2.05) is 73.7 Å². The van der Waals surface area contributed by atoms with Gasteiger partial charge in [-0.25, -0.2) is 4.79 Å². The second kappa shape index (κ2) is 6.75. The summed E-state index contributed by atoms with van der Waals surface area (Å²) in [6.07, 6.45) is -0.756. The average molecular weight is 346 g/mol. The maximum absolute atomic E-state index is 11.9. The Balaban J connectivity index is 1.94. The first-order valence-electron chi connectivity index (χ1n) is 8.46. The fourth-order valence-electron chi connectivity index (χ4n) is 3.22. The molecule has 3 aromatic rings. The smallest absolute Gasteiger partial charge is 0.336 e. The van der Waals surface area contributed by atoms with E-state index in [4.69, 9.17) is 9.47 Å². The molecule has 1 heterocycles. The minimum absolute atomic E-state index is 0.256. The van der Waals surface area contributed by atoms with Crippen molar-refractivity contribution in [1.29, 1.82) is 0 Å². The molecule has 130 valence electrons. The van der Waals surface area contributed by atoms with E-state index in [-0.39, 0.29) is 11.9 Å². The molecule has 1 aliphatic rings. The zero-order chi connectivity index (χ0) is 18.1. The average Bonchev–Trinajstić information content (AvgIpc) is 2.66. The fraction of sp³-hybridized carbons (Fsp3) is 0.136. The molecule has 4 nitrogen and oxygen atoms in total. The molecular weight excluding hydrogens is 328 g/mol. The molecular formula is C22H18O4. The lowest BCUT2D eigenvalue weighted by molar-refractivity contribution is -0.382. The minimum Gasteiger partial charge on any atom is -0.478 e. The Labute approximate surface area is 151 Å². The lowest BCUT2D eigenvalue weighted by atomic mass is 9.90. The van der Waals surface area contributed by atoms with Crippen LogP contribution in [-0.2, 0) is 9.47 Å². The molecule has 3 aromatic carbocycles. The van der Waals surface area contributed by atoms with Gasteiger partial charge in [0.15, 0.2) is 12.6 Å². The topological polar surface area (TPSA) is 55.8 Å². The molecule has 0 spiro atoms. The Hall–Kier alpha value is -2.95. The zero-order valence-corrected chi connectivity index (χ0v) is 14.3. The number of carboxylic acid groups (broad SMARTS) is 1. The molecule has 0 aromatic heterocycles. The lowest BCUT2D eigenvalue weighted by Crippen LogP contribution is -2.32. The van der Waals surface area contributed by atoms with Crippen molar-refractivity contribution in [3.05, 3.63) is 83.9 Å². The van der Waals surface area contributed by atoms with Gasteiger partial charge in [-0.05, 0) is 41.3 Å². The molecule has 4 heteroatoms. The molecule has 0 saturated carbocycles. The van der Waals surface area contributed by atoms with Crippen LogP contribution in [0.1, 0.15) is 29.1 Å². The van der Waals surface area contributed by atoms with Crippen LogP contribution in [0.4, 0.5) is 0 Å². The van der Waals surface area contributed by atoms with Gasteiger partial charge < -0.3 is 14.6 Å². The van der Waals surface area contributed by atoms with Gasteiger partial charge in [0.1, 0.15) is 0 Å². The van der Waals surface area contributed by atoms with Gasteiger partial charge >= 0.3 is 5.97 Å². The van der Waals surface area contributed by atoms with E-state index >= 15 is 0 Å². The predicted molar refractivity (Wildman–Crippen MR) is 98.6 cm³/mol. The molecule has 1 saturated heterocycles. The number of carbonyl (C=O) groups is 1. The first-order chi connectivity index (χ1) is 12.6. The summed E-state index contributed by atoms with van der Waals surface area (Å²) in [5.41, 5.74) is 4.32. The SMILES string of the molecule is CC1OC(c2cc(-c3ccccc3)c(C(=O)O)cc2-c2ccccc2)O1. The van der Waals surface area contributed by atoms with Crippen LogP contribution >= 0.6 is 0 Å². The van der Waals surface area contributed by atoms with E-state index in [1.54, 1.807) is 6.07 Å². The third kappa shape index (κ3) is 3.01. The van der Waals surface area contributed by atoms with Gasteiger partial charge in [0.2, 0.25) is 0 Å². The molecule has 26 heavy (non-hydrogen) atoms. The first-order valence-corrected chi connectivity index (χ1v) is 8.46. The molecule has 0 aliphatic carbocycles. The van der Waals surface area contributed by atoms with Crippen molar-refractivity contribution in [3.63, 3.8) is 0 Å². The quantitative estimate of drug-likeness (QED) is 0.713. The highest BCUT2D eigenvalue weighted by atomic mass is 16.9. The van der Waals surface area contributed by atoms with E-state index in [0.717, 1.165) is 22.3 Å². The van der Waals surface area contributed by atoms with Gasteiger partial charge in [0.05, 0.1) is 5.56 Å². The summed E-state index contributed by atoms with van der Waals surface area (Å²) in [6, 6.07) is 22.8. The summed E-state index contributed by atoms with van der Waals surface area (Å²) in [6.45, 7) is 1.84. The summed E-state index contributed by atoms with van der Waals surface area (Å²) >= 11 is 0. The number of hydrogen-bond donors (Lipinski definition) is 1. The number of rotatable bonds is 4. The fourth-order valence-corrected chi connectivity index (χ4v) is 3.22. The highest BCUT2D eigenvalue weighted by Gasteiger charge is 2.32. The van der Waals surface area contributed by atoms with E-state index in [1.165, 1.54) is 0 Å². The van der Waals surface area contributed by atoms with Crippen LogP contribution in [0.15, 0.2) is 72.8 Å². The lowest BCUT2D eigenvalue weighted by Gasteiger charge is -2.35. The van der Waals surface area contributed by atoms with Crippen LogP contribution in [0.3, 0.4) is 0 Å². The second-order valence-electron chi connectivity index (χ2n) is 6.19. The van der Waals surface area contributed by atoms with Crippen LogP contribution in [0, 0.1) is 0 Å². The number of benzene rings is 3. The zero-order valence-electron chi connectivity index (χ0n) is 14.3. The van der Waals surface area contributed by atoms with Crippen molar-refractivity contribution in [3.8, 4) is 22.3 Å². The third-order valence-electron chi connectivity index (χ3n) is 4.47. The van der Waals surface area contributed by atoms with E-state index < -0.39 is 12.3 Å². The van der Waals surface area contributed by atoms with E-state index in [9.17, 15) is 9.90 Å². The first kappa shape index (κ1) is 16.5. The molecule has 0 bridgehead atoms. The van der Waals surface area contributed by atoms with Crippen LogP contribution in [-0.4, -0.2) is 17.4 Å². The van der Waals surface area contributed by atoms with Gasteiger partial charge in [0.25, 0.3) is 0 Å². The highest BCUT2D eigenvalue weighted by Crippen LogP contribution is 2.41. The van der Waals surface area contributed by atoms with Crippen molar-refractivity contribution in [2.45, 2.75) is 19.5 Å². The summed E-state index contributed by atoms with van der Waals surface area (Å²) < 4.78 is 11.4. The largest absolute Gasteiger partial charge is 0.478 e. The van der Waals surface area contributed by atoms with Gasteiger partial charge in [-0.1, -0.05) is 60.7 Å². The Bertz CT molecular complexity index is 929. The maximum atomic E-state index is 11.9. The maximum Gasteiger partial charge on any atom is 0.336 e. The van der Waals surface area contributed by atoms with Crippen LogP contribution < -0.4 is 0 Å². The van der Waals surface area contributed by atoms with Crippen LogP contribution in [0.25, 0.3) is 22.3 Å². The molecule has 0 unspecified atom stereocenters. The Kier molecular flexibility index (Phi) is 4.29. The van der Waals surface area contributed by atoms with Gasteiger partial charge in [0, 0.05) is 5.56 Å². The molecule has 1 fully saturated rings. The van der Waals surface area contributed by atoms with Gasteiger partial charge in [-0.2, -0.15) is 0 Å². The van der Waals surface area contributed by atoms with Crippen molar-refractivity contribution in [2.75, 3.05) is 0 Å². The predicted octanol–water partition coefficient (Wildman–Crippen LogP) is 5.11. The summed E-state index contributed by atoms with van der Waals surface area (Å²) in [5, 5.41) is 9.78. The van der Waals surface area contributed by atoms with Crippen molar-refractivity contribution < 1.29 is 19.4 Å². The van der Waals surface area contributed by atoms with Gasteiger partial charge in [-0.15, -0.1) is 0 Å². The monoisotopic (exact) mass is 346 g/mol. The van der Waals surface area contributed by atoms with E-state index in [2.05, 4.69) is 0 Å². The third-order valence-corrected chi connectivity index (χ3v) is 4.47. The van der Waals surface area contributed by atoms with E-state index in [0.29, 0.717) is 5.56 Å². The van der Waals surface area contributed by atoms with Crippen LogP contribution in [0.2, 0.25) is 0 Å².